The van der Waals surface area contributed by atoms with E-state index in [-0.39, 0.29) is 30.2 Å². The molecule has 1 atom stereocenters. The fourth-order valence-corrected chi connectivity index (χ4v) is 6.16. The molecule has 0 unspecified atom stereocenters. The molecular formula is C39H38N4O5. The predicted octanol–water partition coefficient (Wildman–Crippen LogP) is 6.86. The molecule has 1 aliphatic heterocycles. The molecule has 0 bridgehead atoms. The molecule has 2 heterocycles. The summed E-state index contributed by atoms with van der Waals surface area (Å²) in [6.07, 6.45) is 0.147. The summed E-state index contributed by atoms with van der Waals surface area (Å²) in [6.45, 7) is 4.57. The van der Waals surface area contributed by atoms with Crippen LogP contribution in [0.25, 0.3) is 11.3 Å². The third-order valence-electron chi connectivity index (χ3n) is 9.06. The second-order valence-electron chi connectivity index (χ2n) is 12.2. The number of carbonyl (C=O) groups is 3. The highest BCUT2D eigenvalue weighted by molar-refractivity contribution is 6.08. The second-order valence-corrected chi connectivity index (χ2v) is 12.2. The van der Waals surface area contributed by atoms with E-state index in [2.05, 4.69) is 24.4 Å². The molecule has 48 heavy (non-hydrogen) atoms. The van der Waals surface area contributed by atoms with Gasteiger partial charge in [0.2, 0.25) is 0 Å². The van der Waals surface area contributed by atoms with Gasteiger partial charge in [-0.05, 0) is 85.5 Å². The van der Waals surface area contributed by atoms with Gasteiger partial charge in [-0.3, -0.25) is 9.59 Å². The molecule has 3 amide bonds. The number of fused-ring (bicyclic) bond motifs is 1. The fraction of sp³-hybridized carbons (Fsp3) is 0.205. The molecule has 0 saturated carbocycles. The van der Waals surface area contributed by atoms with Gasteiger partial charge in [0.1, 0.15) is 11.5 Å². The lowest BCUT2D eigenvalue weighted by Crippen LogP contribution is -2.42. The number of hydrogen-bond donors (Lipinski definition) is 2. The molecule has 6 rings (SSSR count). The zero-order chi connectivity index (χ0) is 33.9. The van der Waals surface area contributed by atoms with E-state index in [0.717, 1.165) is 23.2 Å². The SMILES string of the molecule is Cc1c(C(=O)N(C)c2ccc(O)cc2)cc(-c2ccc(CNC(=O)Oc3ccccc3)cc2C(=O)N2Cc3ccccc3C[C@H]2C)n1C. The number of aromatic hydroxyl groups is 1. The average molecular weight is 643 g/mol. The molecule has 5 aromatic rings. The number of amides is 3. The Morgan fingerprint density at radius 1 is 0.896 bits per heavy atom. The van der Waals surface area contributed by atoms with E-state index in [9.17, 15) is 19.5 Å². The molecule has 9 heteroatoms. The van der Waals surface area contributed by atoms with Gasteiger partial charge in [0.15, 0.2) is 0 Å². The quantitative estimate of drug-likeness (QED) is 0.202. The zero-order valence-corrected chi connectivity index (χ0v) is 27.4. The number of benzene rings is 4. The van der Waals surface area contributed by atoms with Crippen LogP contribution in [0.1, 0.15) is 50.0 Å². The van der Waals surface area contributed by atoms with Crippen LogP contribution in [0.3, 0.4) is 0 Å². The summed E-state index contributed by atoms with van der Waals surface area (Å²) in [5.74, 6) is 0.204. The van der Waals surface area contributed by atoms with E-state index < -0.39 is 6.09 Å². The normalized spacial score (nSPS) is 13.8. The lowest BCUT2D eigenvalue weighted by Gasteiger charge is -2.35. The van der Waals surface area contributed by atoms with Crippen LogP contribution in [0, 0.1) is 6.92 Å². The molecule has 9 nitrogen and oxygen atoms in total. The number of carbonyl (C=O) groups excluding carboxylic acids is 3. The Morgan fingerprint density at radius 2 is 1.58 bits per heavy atom. The minimum atomic E-state index is -0.599. The van der Waals surface area contributed by atoms with Gasteiger partial charge in [0, 0.05) is 61.4 Å². The van der Waals surface area contributed by atoms with Gasteiger partial charge in [-0.25, -0.2) is 4.79 Å². The van der Waals surface area contributed by atoms with Gasteiger partial charge in [-0.15, -0.1) is 0 Å². The van der Waals surface area contributed by atoms with Gasteiger partial charge in [0.25, 0.3) is 11.8 Å². The van der Waals surface area contributed by atoms with Gasteiger partial charge in [-0.2, -0.15) is 0 Å². The van der Waals surface area contributed by atoms with E-state index in [4.69, 9.17) is 4.74 Å². The number of hydrogen-bond acceptors (Lipinski definition) is 5. The molecule has 2 N–H and O–H groups in total. The summed E-state index contributed by atoms with van der Waals surface area (Å²) < 4.78 is 7.31. The maximum Gasteiger partial charge on any atom is 0.412 e. The molecule has 1 aromatic heterocycles. The molecule has 0 aliphatic carbocycles. The maximum atomic E-state index is 14.5. The Hall–Kier alpha value is -5.83. The van der Waals surface area contributed by atoms with Crippen molar-refractivity contribution in [3.8, 4) is 22.8 Å². The van der Waals surface area contributed by atoms with Crippen LogP contribution in [0.4, 0.5) is 10.5 Å². The first kappa shape index (κ1) is 32.1. The van der Waals surface area contributed by atoms with Crippen LogP contribution >= 0.6 is 0 Å². The zero-order valence-electron chi connectivity index (χ0n) is 27.4. The highest BCUT2D eigenvalue weighted by atomic mass is 16.6. The Kier molecular flexibility index (Phi) is 9.03. The average Bonchev–Trinajstić information content (AvgIpc) is 3.39. The number of nitrogens with zero attached hydrogens (tertiary/aromatic N) is 3. The molecular weight excluding hydrogens is 604 g/mol. The summed E-state index contributed by atoms with van der Waals surface area (Å²) in [5.41, 5.74) is 6.83. The number of para-hydroxylation sites is 1. The van der Waals surface area contributed by atoms with Crippen LogP contribution < -0.4 is 15.0 Å². The van der Waals surface area contributed by atoms with Gasteiger partial charge in [-0.1, -0.05) is 54.6 Å². The van der Waals surface area contributed by atoms with Crippen LogP contribution in [-0.4, -0.2) is 45.6 Å². The van der Waals surface area contributed by atoms with Crippen molar-refractivity contribution in [1.82, 2.24) is 14.8 Å². The number of phenols is 1. The molecule has 0 fully saturated rings. The van der Waals surface area contributed by atoms with Crippen LogP contribution in [0.2, 0.25) is 0 Å². The van der Waals surface area contributed by atoms with E-state index in [0.29, 0.717) is 40.4 Å². The van der Waals surface area contributed by atoms with Gasteiger partial charge >= 0.3 is 6.09 Å². The van der Waals surface area contributed by atoms with Gasteiger partial charge < -0.3 is 29.5 Å². The van der Waals surface area contributed by atoms with Crippen molar-refractivity contribution in [2.24, 2.45) is 7.05 Å². The van der Waals surface area contributed by atoms with Crippen molar-refractivity contribution in [1.29, 1.82) is 0 Å². The van der Waals surface area contributed by atoms with Crippen molar-refractivity contribution in [2.45, 2.75) is 39.4 Å². The third kappa shape index (κ3) is 6.53. The number of ether oxygens (including phenoxy) is 1. The Morgan fingerprint density at radius 3 is 2.31 bits per heavy atom. The van der Waals surface area contributed by atoms with E-state index in [1.54, 1.807) is 43.4 Å². The first-order valence-corrected chi connectivity index (χ1v) is 15.9. The van der Waals surface area contributed by atoms with Crippen LogP contribution in [0.5, 0.6) is 11.5 Å². The summed E-state index contributed by atoms with van der Waals surface area (Å²) in [5, 5.41) is 12.5. The second kappa shape index (κ2) is 13.5. The van der Waals surface area contributed by atoms with Crippen molar-refractivity contribution in [3.05, 3.63) is 137 Å². The number of phenolic OH excluding ortho intramolecular Hbond substituents is 1. The Labute approximate surface area is 280 Å². The topological polar surface area (TPSA) is 104 Å². The summed E-state index contributed by atoms with van der Waals surface area (Å²) in [7, 11) is 3.57. The van der Waals surface area contributed by atoms with Crippen LogP contribution in [-0.2, 0) is 26.6 Å². The Balaban J connectivity index is 1.34. The number of rotatable bonds is 7. The lowest BCUT2D eigenvalue weighted by molar-refractivity contribution is 0.0658. The standard InChI is InChI=1S/C39H38N4O5/c1-25-20-28-10-8-9-11-29(28)24-43(25)38(46)35-21-27(23-40-39(47)48-32-12-6-5-7-13-32)14-19-33(35)36-22-34(26(2)41(36)3)37(45)42(4)30-15-17-31(44)18-16-30/h5-19,21-22,25,44H,20,23-24H2,1-4H3,(H,40,47)/t25-/m1/s1. The lowest BCUT2D eigenvalue weighted by atomic mass is 9.93. The monoisotopic (exact) mass is 642 g/mol. The number of anilines is 1. The highest BCUT2D eigenvalue weighted by Crippen LogP contribution is 2.33. The summed E-state index contributed by atoms with van der Waals surface area (Å²) >= 11 is 0. The van der Waals surface area contributed by atoms with Crippen molar-refractivity contribution >= 4 is 23.6 Å². The smallest absolute Gasteiger partial charge is 0.412 e. The van der Waals surface area contributed by atoms with Crippen LogP contribution in [0.15, 0.2) is 103 Å². The minimum absolute atomic E-state index is 0.0332. The first-order chi connectivity index (χ1) is 23.1. The fourth-order valence-electron chi connectivity index (χ4n) is 6.16. The molecule has 4 aromatic carbocycles. The van der Waals surface area contributed by atoms with E-state index >= 15 is 0 Å². The molecule has 0 spiro atoms. The predicted molar refractivity (Wildman–Crippen MR) is 185 cm³/mol. The summed E-state index contributed by atoms with van der Waals surface area (Å²) in [4.78, 5) is 44.2. The molecule has 0 radical (unpaired) electrons. The van der Waals surface area contributed by atoms with Crippen molar-refractivity contribution < 1.29 is 24.2 Å². The van der Waals surface area contributed by atoms with Crippen molar-refractivity contribution in [2.75, 3.05) is 11.9 Å². The number of aromatic nitrogens is 1. The third-order valence-corrected chi connectivity index (χ3v) is 9.06. The minimum Gasteiger partial charge on any atom is -0.508 e. The maximum absolute atomic E-state index is 14.5. The Bertz CT molecular complexity index is 1980. The van der Waals surface area contributed by atoms with Gasteiger partial charge in [0.05, 0.1) is 5.56 Å². The molecule has 244 valence electrons. The van der Waals surface area contributed by atoms with E-state index in [1.807, 2.05) is 65.9 Å². The largest absolute Gasteiger partial charge is 0.508 e. The number of nitrogens with one attached hydrogen (secondary N) is 1. The van der Waals surface area contributed by atoms with E-state index in [1.165, 1.54) is 22.6 Å². The molecule has 1 aliphatic rings. The molecule has 0 saturated heterocycles. The first-order valence-electron chi connectivity index (χ1n) is 15.9. The summed E-state index contributed by atoms with van der Waals surface area (Å²) in [6, 6.07) is 30.8. The van der Waals surface area contributed by atoms with Crippen molar-refractivity contribution in [3.63, 3.8) is 0 Å². The highest BCUT2D eigenvalue weighted by Gasteiger charge is 2.30.